The highest BCUT2D eigenvalue weighted by molar-refractivity contribution is 7.18. The molecule has 20 heavy (non-hydrogen) atoms. The molecule has 2 aromatic heterocycles. The number of nitrogens with zero attached hydrogens (tertiary/aromatic N) is 3. The van der Waals surface area contributed by atoms with E-state index in [1.165, 1.54) is 10.3 Å². The Hall–Kier alpha value is -1.36. The fraction of sp³-hybridized carbons (Fsp3) is 0.600. The Kier molecular flexibility index (Phi) is 4.81. The van der Waals surface area contributed by atoms with Crippen molar-refractivity contribution in [2.45, 2.75) is 46.6 Å². The molecule has 4 nitrogen and oxygen atoms in total. The summed E-state index contributed by atoms with van der Waals surface area (Å²) in [6, 6.07) is 2.68. The predicted octanol–water partition coefficient (Wildman–Crippen LogP) is 3.92. The topological polar surface area (TPSA) is 41.1 Å². The summed E-state index contributed by atoms with van der Waals surface area (Å²) in [5.74, 6) is 1.77. The lowest BCUT2D eigenvalue weighted by molar-refractivity contribution is 0.664. The first kappa shape index (κ1) is 15.0. The first-order valence-electron chi connectivity index (χ1n) is 7.35. The molecule has 0 aliphatic rings. The Labute approximate surface area is 125 Å². The fourth-order valence-corrected chi connectivity index (χ4v) is 3.27. The van der Waals surface area contributed by atoms with Crippen LogP contribution >= 0.6 is 11.3 Å². The van der Waals surface area contributed by atoms with Crippen molar-refractivity contribution in [2.24, 2.45) is 0 Å². The van der Waals surface area contributed by atoms with Crippen LogP contribution in [0.15, 0.2) is 6.07 Å². The summed E-state index contributed by atoms with van der Waals surface area (Å²) in [4.78, 5) is 14.1. The minimum atomic E-state index is 0.433. The van der Waals surface area contributed by atoms with E-state index >= 15 is 0 Å². The van der Waals surface area contributed by atoms with Crippen LogP contribution in [0.3, 0.4) is 0 Å². The normalized spacial score (nSPS) is 11.3. The largest absolute Gasteiger partial charge is 0.357 e. The molecule has 2 rings (SSSR count). The molecule has 0 atom stereocenters. The maximum absolute atomic E-state index is 4.72. The van der Waals surface area contributed by atoms with Gasteiger partial charge in [0.05, 0.1) is 5.39 Å². The molecular weight excluding hydrogens is 268 g/mol. The molecule has 5 heteroatoms. The molecule has 0 aromatic carbocycles. The van der Waals surface area contributed by atoms with Gasteiger partial charge < -0.3 is 10.2 Å². The highest BCUT2D eigenvalue weighted by Gasteiger charge is 2.18. The average Bonchev–Trinajstić information content (AvgIpc) is 2.86. The molecule has 0 amide bonds. The minimum Gasteiger partial charge on any atom is -0.357 e. The zero-order chi connectivity index (χ0) is 14.7. The van der Waals surface area contributed by atoms with Crippen LogP contribution in [-0.4, -0.2) is 29.6 Å². The van der Waals surface area contributed by atoms with Gasteiger partial charge in [0.15, 0.2) is 0 Å². The zero-order valence-corrected chi connectivity index (χ0v) is 13.8. The van der Waals surface area contributed by atoms with E-state index in [1.807, 2.05) is 7.05 Å². The number of hydrogen-bond acceptors (Lipinski definition) is 5. The number of aryl methyl sites for hydroxylation is 1. The number of aromatic nitrogens is 2. The molecule has 0 aliphatic heterocycles. The van der Waals surface area contributed by atoms with E-state index in [0.717, 1.165) is 30.0 Å². The summed E-state index contributed by atoms with van der Waals surface area (Å²) < 4.78 is 0. The number of nitrogens with one attached hydrogen (secondary N) is 1. The Bertz CT molecular complexity index is 577. The molecule has 2 aromatic rings. The van der Waals surface area contributed by atoms with E-state index in [9.17, 15) is 0 Å². The fourth-order valence-electron chi connectivity index (χ4n) is 2.31. The van der Waals surface area contributed by atoms with Gasteiger partial charge >= 0.3 is 0 Å². The van der Waals surface area contributed by atoms with Gasteiger partial charge in [-0.25, -0.2) is 4.98 Å². The van der Waals surface area contributed by atoms with Gasteiger partial charge in [-0.05, 0) is 32.8 Å². The standard InChI is InChI=1S/C15H24N4S/c1-6-8-19(10(3)4)13-12-9-11(7-2)20-14(12)18-15(16-5)17-13/h9-10H,6-8H2,1-5H3,(H,16,17,18). The number of thiophene rings is 1. The van der Waals surface area contributed by atoms with Crippen LogP contribution in [0.5, 0.6) is 0 Å². The molecule has 0 radical (unpaired) electrons. The molecule has 0 bridgehead atoms. The van der Waals surface area contributed by atoms with E-state index in [2.05, 4.69) is 49.0 Å². The summed E-state index contributed by atoms with van der Waals surface area (Å²) in [6.45, 7) is 9.84. The van der Waals surface area contributed by atoms with E-state index < -0.39 is 0 Å². The smallest absolute Gasteiger partial charge is 0.225 e. The summed E-state index contributed by atoms with van der Waals surface area (Å²) in [5.41, 5.74) is 0. The number of rotatable bonds is 6. The number of fused-ring (bicyclic) bond motifs is 1. The van der Waals surface area contributed by atoms with Gasteiger partial charge in [-0.3, -0.25) is 0 Å². The van der Waals surface area contributed by atoms with Crippen molar-refractivity contribution < 1.29 is 0 Å². The van der Waals surface area contributed by atoms with Crippen molar-refractivity contribution in [2.75, 3.05) is 23.8 Å². The second kappa shape index (κ2) is 6.39. The van der Waals surface area contributed by atoms with E-state index in [4.69, 9.17) is 4.98 Å². The van der Waals surface area contributed by atoms with E-state index in [0.29, 0.717) is 12.0 Å². The van der Waals surface area contributed by atoms with Crippen LogP contribution in [0.25, 0.3) is 10.2 Å². The quantitative estimate of drug-likeness (QED) is 0.876. The summed E-state index contributed by atoms with van der Waals surface area (Å²) in [7, 11) is 1.87. The average molecular weight is 292 g/mol. The van der Waals surface area contributed by atoms with Crippen LogP contribution in [0.1, 0.15) is 39.0 Å². The van der Waals surface area contributed by atoms with Crippen LogP contribution < -0.4 is 10.2 Å². The van der Waals surface area contributed by atoms with Crippen LogP contribution in [0.2, 0.25) is 0 Å². The third-order valence-electron chi connectivity index (χ3n) is 3.36. The van der Waals surface area contributed by atoms with Crippen molar-refractivity contribution in [3.05, 3.63) is 10.9 Å². The van der Waals surface area contributed by atoms with Gasteiger partial charge in [0.25, 0.3) is 0 Å². The number of hydrogen-bond donors (Lipinski definition) is 1. The molecule has 0 fully saturated rings. The van der Waals surface area contributed by atoms with Crippen LogP contribution in [0, 0.1) is 0 Å². The van der Waals surface area contributed by atoms with Gasteiger partial charge in [-0.1, -0.05) is 13.8 Å². The predicted molar refractivity (Wildman–Crippen MR) is 89.1 cm³/mol. The third kappa shape index (κ3) is 2.87. The lowest BCUT2D eigenvalue weighted by Gasteiger charge is -2.28. The molecule has 1 N–H and O–H groups in total. The van der Waals surface area contributed by atoms with Crippen LogP contribution in [0.4, 0.5) is 11.8 Å². The van der Waals surface area contributed by atoms with Gasteiger partial charge in [0, 0.05) is 24.5 Å². The van der Waals surface area contributed by atoms with Crippen molar-refractivity contribution in [1.29, 1.82) is 0 Å². The highest BCUT2D eigenvalue weighted by atomic mass is 32.1. The van der Waals surface area contributed by atoms with Crippen molar-refractivity contribution >= 4 is 33.3 Å². The maximum atomic E-state index is 4.72. The Morgan fingerprint density at radius 3 is 2.60 bits per heavy atom. The van der Waals surface area contributed by atoms with E-state index in [-0.39, 0.29) is 0 Å². The highest BCUT2D eigenvalue weighted by Crippen LogP contribution is 2.33. The van der Waals surface area contributed by atoms with Crippen molar-refractivity contribution in [3.63, 3.8) is 0 Å². The summed E-state index contributed by atoms with van der Waals surface area (Å²) in [5, 5.41) is 4.27. The van der Waals surface area contributed by atoms with Gasteiger partial charge in [0.1, 0.15) is 10.6 Å². The van der Waals surface area contributed by atoms with Gasteiger partial charge in [-0.15, -0.1) is 11.3 Å². The van der Waals surface area contributed by atoms with Crippen LogP contribution in [-0.2, 0) is 6.42 Å². The molecule has 0 saturated heterocycles. The summed E-state index contributed by atoms with van der Waals surface area (Å²) >= 11 is 1.77. The third-order valence-corrected chi connectivity index (χ3v) is 4.53. The maximum Gasteiger partial charge on any atom is 0.225 e. The number of anilines is 2. The van der Waals surface area contributed by atoms with Gasteiger partial charge in [0.2, 0.25) is 5.95 Å². The molecular formula is C15H24N4S. The second-order valence-corrected chi connectivity index (χ2v) is 6.31. The Morgan fingerprint density at radius 2 is 2.05 bits per heavy atom. The molecule has 0 unspecified atom stereocenters. The second-order valence-electron chi connectivity index (χ2n) is 5.19. The molecule has 0 aliphatic carbocycles. The first-order chi connectivity index (χ1) is 9.60. The van der Waals surface area contributed by atoms with Crippen molar-refractivity contribution in [3.8, 4) is 0 Å². The lowest BCUT2D eigenvalue weighted by atomic mass is 10.2. The summed E-state index contributed by atoms with van der Waals surface area (Å²) in [6.07, 6.45) is 2.16. The lowest BCUT2D eigenvalue weighted by Crippen LogP contribution is -2.32. The molecule has 0 spiro atoms. The Morgan fingerprint density at radius 1 is 1.30 bits per heavy atom. The van der Waals surface area contributed by atoms with Crippen molar-refractivity contribution in [1.82, 2.24) is 9.97 Å². The van der Waals surface area contributed by atoms with Gasteiger partial charge in [-0.2, -0.15) is 4.98 Å². The Balaban J connectivity index is 2.61. The first-order valence-corrected chi connectivity index (χ1v) is 8.17. The van der Waals surface area contributed by atoms with E-state index in [1.54, 1.807) is 11.3 Å². The molecule has 0 saturated carbocycles. The molecule has 110 valence electrons. The zero-order valence-electron chi connectivity index (χ0n) is 13.0. The molecule has 2 heterocycles. The SMILES string of the molecule is CCCN(c1nc(NC)nc2sc(CC)cc12)C(C)C. The minimum absolute atomic E-state index is 0.433. The monoisotopic (exact) mass is 292 g/mol.